The minimum atomic E-state index is -0.609. The molecule has 7 rings (SSSR count). The van der Waals surface area contributed by atoms with Gasteiger partial charge in [-0.1, -0.05) is 38.1 Å². The molecule has 48 heavy (non-hydrogen) atoms. The van der Waals surface area contributed by atoms with E-state index < -0.39 is 17.0 Å². The molecule has 0 spiro atoms. The number of halogens is 2. The van der Waals surface area contributed by atoms with Crippen molar-refractivity contribution in [1.82, 2.24) is 19.7 Å². The second kappa shape index (κ2) is 12.7. The van der Waals surface area contributed by atoms with E-state index in [9.17, 15) is 4.79 Å². The predicted molar refractivity (Wildman–Crippen MR) is 184 cm³/mol. The van der Waals surface area contributed by atoms with E-state index in [1.807, 2.05) is 23.9 Å². The number of aryl methyl sites for hydroxylation is 2. The van der Waals surface area contributed by atoms with Crippen LogP contribution in [0.25, 0.3) is 22.3 Å². The maximum Gasteiger partial charge on any atom is 0.309 e. The summed E-state index contributed by atoms with van der Waals surface area (Å²) in [6.45, 7) is 7.17. The van der Waals surface area contributed by atoms with Crippen LogP contribution < -0.4 is 4.74 Å². The third-order valence-corrected chi connectivity index (χ3v) is 11.4. The smallest absolute Gasteiger partial charge is 0.309 e. The molecule has 2 aliphatic heterocycles. The average molecular weight is 671 g/mol. The summed E-state index contributed by atoms with van der Waals surface area (Å²) >= 11 is 1.85. The second-order valence-electron chi connectivity index (χ2n) is 14.1. The molecule has 0 amide bonds. The molecule has 2 aromatic heterocycles. The topological polar surface area (TPSA) is 82.0 Å². The van der Waals surface area contributed by atoms with E-state index in [0.717, 1.165) is 52.8 Å². The number of carbonyl (C=O) groups is 1. The summed E-state index contributed by atoms with van der Waals surface area (Å²) in [5.74, 6) is 1.85. The molecule has 5 aromatic rings. The molecule has 2 unspecified atom stereocenters. The number of esters is 1. The molecule has 1 saturated heterocycles. The normalized spacial score (nSPS) is 21.4. The lowest BCUT2D eigenvalue weighted by molar-refractivity contribution is -0.141. The fourth-order valence-corrected chi connectivity index (χ4v) is 8.10. The molecule has 1 N–H and O–H groups in total. The number of aromatic nitrogens is 4. The molecule has 0 radical (unpaired) electrons. The zero-order valence-corrected chi connectivity index (χ0v) is 28.6. The Morgan fingerprint density at radius 3 is 2.73 bits per heavy atom. The van der Waals surface area contributed by atoms with Crippen LogP contribution in [0.1, 0.15) is 62.5 Å². The van der Waals surface area contributed by atoms with Crippen LogP contribution in [-0.2, 0) is 34.8 Å². The lowest BCUT2D eigenvalue weighted by atomic mass is 9.73. The molecule has 2 atom stereocenters. The van der Waals surface area contributed by atoms with Crippen molar-refractivity contribution < 1.29 is 23.0 Å². The van der Waals surface area contributed by atoms with Crippen LogP contribution in [0, 0.1) is 23.0 Å². The van der Waals surface area contributed by atoms with Gasteiger partial charge in [0.25, 0.3) is 0 Å². The van der Waals surface area contributed by atoms with Gasteiger partial charge in [0.05, 0.1) is 23.5 Å². The van der Waals surface area contributed by atoms with Gasteiger partial charge in [0, 0.05) is 35.8 Å². The van der Waals surface area contributed by atoms with Gasteiger partial charge < -0.3 is 14.5 Å². The van der Waals surface area contributed by atoms with Crippen molar-refractivity contribution in [2.45, 2.75) is 58.3 Å². The first-order chi connectivity index (χ1) is 23.0. The first kappa shape index (κ1) is 32.4. The highest BCUT2D eigenvalue weighted by atomic mass is 32.2. The summed E-state index contributed by atoms with van der Waals surface area (Å²) in [6, 6.07) is 16.1. The maximum absolute atomic E-state index is 15.6. The summed E-state index contributed by atoms with van der Waals surface area (Å²) in [4.78, 5) is 20.4. The maximum atomic E-state index is 15.6. The van der Waals surface area contributed by atoms with Crippen molar-refractivity contribution >= 4 is 28.6 Å². The first-order valence-electron chi connectivity index (χ1n) is 16.5. The number of nitrogens with zero attached hydrogens (tertiary/aromatic N) is 3. The van der Waals surface area contributed by atoms with Crippen LogP contribution >= 0.6 is 11.8 Å². The lowest BCUT2D eigenvalue weighted by Gasteiger charge is -2.33. The van der Waals surface area contributed by atoms with Crippen LogP contribution in [-0.4, -0.2) is 43.8 Å². The van der Waals surface area contributed by atoms with E-state index in [0.29, 0.717) is 42.4 Å². The number of cyclic esters (lactones) is 1. The van der Waals surface area contributed by atoms with Crippen molar-refractivity contribution in [3.63, 3.8) is 0 Å². The SMILES string of the molecule is Cn1nc2nc1-c1cc(ccc1F)Oc1c(F)cc3[nH]ccc3c1CCSCC(C)(C)CCC2(C)c1cccc(CC2CCOC2=O)c1. The molecule has 0 saturated carbocycles. The zero-order valence-electron chi connectivity index (χ0n) is 27.7. The van der Waals surface area contributed by atoms with E-state index in [1.165, 1.54) is 18.2 Å². The highest BCUT2D eigenvalue weighted by Gasteiger charge is 2.37. The van der Waals surface area contributed by atoms with Gasteiger partial charge in [-0.3, -0.25) is 4.79 Å². The molecule has 2 aliphatic rings. The Hall–Kier alpha value is -4.18. The summed E-state index contributed by atoms with van der Waals surface area (Å²) in [5, 5.41) is 5.81. The number of nitrogens with one attached hydrogen (secondary N) is 1. The Morgan fingerprint density at radius 1 is 1.06 bits per heavy atom. The van der Waals surface area contributed by atoms with Crippen molar-refractivity contribution in [3.05, 3.63) is 94.9 Å². The number of carbonyl (C=O) groups excluding carboxylic acids is 1. The van der Waals surface area contributed by atoms with Gasteiger partial charge in [-0.2, -0.15) is 16.9 Å². The number of ether oxygens (including phenoxy) is 2. The van der Waals surface area contributed by atoms with E-state index in [-0.39, 0.29) is 28.6 Å². The second-order valence-corrected chi connectivity index (χ2v) is 15.2. The minimum Gasteiger partial charge on any atom is -0.465 e. The number of fused-ring (bicyclic) bond motifs is 8. The Morgan fingerprint density at radius 2 is 1.92 bits per heavy atom. The first-order valence-corrected chi connectivity index (χ1v) is 17.7. The molecule has 250 valence electrons. The molecule has 7 nitrogen and oxygen atoms in total. The number of thioether (sulfide) groups is 1. The summed E-state index contributed by atoms with van der Waals surface area (Å²) < 4.78 is 44.3. The highest BCUT2D eigenvalue weighted by Crippen LogP contribution is 2.42. The number of H-pyrrole nitrogens is 1. The molecule has 3 aromatic carbocycles. The summed E-state index contributed by atoms with van der Waals surface area (Å²) in [5.41, 5.74) is 3.17. The molecular formula is C38H40F2N4O3S. The van der Waals surface area contributed by atoms with Crippen LogP contribution in [0.15, 0.2) is 60.8 Å². The molecule has 10 heteroatoms. The zero-order chi connectivity index (χ0) is 33.6. The van der Waals surface area contributed by atoms with Gasteiger partial charge in [-0.25, -0.2) is 18.4 Å². The van der Waals surface area contributed by atoms with Crippen LogP contribution in [0.5, 0.6) is 11.5 Å². The number of hydrogen-bond acceptors (Lipinski definition) is 6. The fourth-order valence-electron chi connectivity index (χ4n) is 6.91. The largest absolute Gasteiger partial charge is 0.465 e. The quantitative estimate of drug-likeness (QED) is 0.194. The van der Waals surface area contributed by atoms with Gasteiger partial charge in [0.2, 0.25) is 0 Å². The van der Waals surface area contributed by atoms with E-state index in [2.05, 4.69) is 44.0 Å². The molecular weight excluding hydrogens is 631 g/mol. The third-order valence-electron chi connectivity index (χ3n) is 9.90. The highest BCUT2D eigenvalue weighted by molar-refractivity contribution is 7.99. The number of aromatic amines is 1. The van der Waals surface area contributed by atoms with Crippen molar-refractivity contribution in [3.8, 4) is 22.9 Å². The average Bonchev–Trinajstić information content (AvgIpc) is 3.80. The standard InChI is InChI=1S/C38H40F2N4O3S/c1-37(2)13-14-38(3,25-7-5-6-23(19-25)18-24-11-16-46-35(24)45)36-42-34(44(4)43-36)29-20-26(8-9-30(29)39)47-33-28(12-17-48-22-37)27-10-15-41-32(27)21-31(33)40/h5-10,15,19-21,24,41H,11-14,16-18,22H2,1-4H3. The third kappa shape index (κ3) is 6.22. The Labute approximate surface area is 283 Å². The Balaban J connectivity index is 1.33. The Bertz CT molecular complexity index is 2000. The van der Waals surface area contributed by atoms with Crippen LogP contribution in [0.2, 0.25) is 0 Å². The van der Waals surface area contributed by atoms with Gasteiger partial charge >= 0.3 is 5.97 Å². The summed E-state index contributed by atoms with van der Waals surface area (Å²) in [7, 11) is 1.76. The number of benzene rings is 3. The van der Waals surface area contributed by atoms with Gasteiger partial charge in [0.15, 0.2) is 23.2 Å². The van der Waals surface area contributed by atoms with E-state index >= 15 is 8.78 Å². The van der Waals surface area contributed by atoms with Crippen molar-refractivity contribution in [2.24, 2.45) is 18.4 Å². The fraction of sp³-hybridized carbons (Fsp3) is 0.395. The molecule has 0 aliphatic carbocycles. The number of rotatable bonds is 3. The monoisotopic (exact) mass is 670 g/mol. The minimum absolute atomic E-state index is 0.0356. The van der Waals surface area contributed by atoms with E-state index in [1.54, 1.807) is 24.0 Å². The van der Waals surface area contributed by atoms with Gasteiger partial charge in [-0.15, -0.1) is 0 Å². The van der Waals surface area contributed by atoms with Crippen molar-refractivity contribution in [1.29, 1.82) is 0 Å². The van der Waals surface area contributed by atoms with Gasteiger partial charge in [0.1, 0.15) is 11.6 Å². The van der Waals surface area contributed by atoms with Crippen LogP contribution in [0.3, 0.4) is 0 Å². The van der Waals surface area contributed by atoms with Crippen molar-refractivity contribution in [2.75, 3.05) is 18.1 Å². The Kier molecular flexibility index (Phi) is 8.56. The lowest BCUT2D eigenvalue weighted by Crippen LogP contribution is -2.29. The molecule has 4 bridgehead atoms. The van der Waals surface area contributed by atoms with Crippen LogP contribution in [0.4, 0.5) is 8.78 Å². The molecule has 4 heterocycles. The van der Waals surface area contributed by atoms with E-state index in [4.69, 9.17) is 19.6 Å². The predicted octanol–water partition coefficient (Wildman–Crippen LogP) is 8.54. The number of hydrogen-bond donors (Lipinski definition) is 1. The summed E-state index contributed by atoms with van der Waals surface area (Å²) in [6.07, 6.45) is 5.38. The van der Waals surface area contributed by atoms with Gasteiger partial charge in [-0.05, 0) is 91.3 Å². The molecule has 1 fully saturated rings.